The number of carbonyl (C=O) groups excluding carboxylic acids is 1. The van der Waals surface area contributed by atoms with Crippen LogP contribution in [0.1, 0.15) is 27.3 Å². The van der Waals surface area contributed by atoms with E-state index in [4.69, 9.17) is 4.74 Å². The summed E-state index contributed by atoms with van der Waals surface area (Å²) in [5.41, 5.74) is 2.85. The van der Waals surface area contributed by atoms with Gasteiger partial charge in [0.15, 0.2) is 0 Å². The molecular formula is C20H18FN3O2. The number of aryl methyl sites for hydroxylation is 2. The van der Waals surface area contributed by atoms with Crippen molar-refractivity contribution in [2.45, 2.75) is 20.5 Å². The number of carbonyl (C=O) groups is 1. The van der Waals surface area contributed by atoms with E-state index in [1.807, 2.05) is 19.9 Å². The van der Waals surface area contributed by atoms with E-state index in [0.717, 1.165) is 16.8 Å². The Balaban J connectivity index is 1.69. The molecule has 26 heavy (non-hydrogen) atoms. The summed E-state index contributed by atoms with van der Waals surface area (Å²) in [5.74, 6) is 0.191. The van der Waals surface area contributed by atoms with E-state index in [1.165, 1.54) is 18.3 Å². The number of amides is 1. The van der Waals surface area contributed by atoms with Gasteiger partial charge in [0.25, 0.3) is 5.91 Å². The molecule has 0 aliphatic heterocycles. The van der Waals surface area contributed by atoms with E-state index in [0.29, 0.717) is 11.6 Å². The van der Waals surface area contributed by atoms with Gasteiger partial charge in [0.1, 0.15) is 29.7 Å². The van der Waals surface area contributed by atoms with Crippen LogP contribution in [0.3, 0.4) is 0 Å². The molecule has 2 heterocycles. The van der Waals surface area contributed by atoms with Crippen LogP contribution in [0, 0.1) is 19.7 Å². The predicted molar refractivity (Wildman–Crippen MR) is 96.6 cm³/mol. The lowest BCUT2D eigenvalue weighted by atomic mass is 10.2. The van der Waals surface area contributed by atoms with Gasteiger partial charge in [-0.3, -0.25) is 9.78 Å². The van der Waals surface area contributed by atoms with Gasteiger partial charge in [0, 0.05) is 18.0 Å². The Labute approximate surface area is 150 Å². The van der Waals surface area contributed by atoms with Crippen LogP contribution in [-0.2, 0) is 6.61 Å². The second-order valence-corrected chi connectivity index (χ2v) is 5.92. The molecule has 3 aromatic rings. The van der Waals surface area contributed by atoms with Gasteiger partial charge < -0.3 is 10.1 Å². The predicted octanol–water partition coefficient (Wildman–Crippen LogP) is 4.06. The molecular weight excluding hydrogens is 333 g/mol. The highest BCUT2D eigenvalue weighted by Crippen LogP contribution is 2.15. The number of anilines is 1. The van der Waals surface area contributed by atoms with Crippen molar-refractivity contribution >= 4 is 11.7 Å². The fourth-order valence-electron chi connectivity index (χ4n) is 2.50. The lowest BCUT2D eigenvalue weighted by Gasteiger charge is -2.09. The fraction of sp³-hybridized carbons (Fsp3) is 0.150. The smallest absolute Gasteiger partial charge is 0.275 e. The molecule has 0 fully saturated rings. The summed E-state index contributed by atoms with van der Waals surface area (Å²) >= 11 is 0. The Morgan fingerprint density at radius 3 is 2.77 bits per heavy atom. The lowest BCUT2D eigenvalue weighted by Crippen LogP contribution is -2.15. The molecule has 0 atom stereocenters. The highest BCUT2D eigenvalue weighted by molar-refractivity contribution is 6.02. The van der Waals surface area contributed by atoms with Gasteiger partial charge in [-0.15, -0.1) is 0 Å². The monoisotopic (exact) mass is 351 g/mol. The van der Waals surface area contributed by atoms with Crippen LogP contribution in [-0.4, -0.2) is 15.9 Å². The van der Waals surface area contributed by atoms with Crippen molar-refractivity contribution < 1.29 is 13.9 Å². The van der Waals surface area contributed by atoms with Crippen molar-refractivity contribution in [1.29, 1.82) is 0 Å². The molecule has 0 unspecified atom stereocenters. The summed E-state index contributed by atoms with van der Waals surface area (Å²) in [4.78, 5) is 20.8. The third kappa shape index (κ3) is 4.63. The van der Waals surface area contributed by atoms with Gasteiger partial charge in [-0.25, -0.2) is 9.37 Å². The van der Waals surface area contributed by atoms with Crippen molar-refractivity contribution in [3.8, 4) is 5.75 Å². The van der Waals surface area contributed by atoms with Gasteiger partial charge in [-0.05, 0) is 61.4 Å². The van der Waals surface area contributed by atoms with Crippen molar-refractivity contribution in [1.82, 2.24) is 9.97 Å². The fourth-order valence-corrected chi connectivity index (χ4v) is 2.50. The lowest BCUT2D eigenvalue weighted by molar-refractivity contribution is 0.102. The van der Waals surface area contributed by atoms with Crippen molar-refractivity contribution in [3.05, 3.63) is 83.1 Å². The Bertz CT molecular complexity index is 924. The summed E-state index contributed by atoms with van der Waals surface area (Å²) in [6.07, 6.45) is 1.54. The van der Waals surface area contributed by atoms with Gasteiger partial charge in [0.05, 0.1) is 0 Å². The topological polar surface area (TPSA) is 64.1 Å². The number of nitrogens with zero attached hydrogens (tertiary/aromatic N) is 2. The molecule has 0 radical (unpaired) electrons. The first-order chi connectivity index (χ1) is 12.5. The Hall–Kier alpha value is -3.28. The highest BCUT2D eigenvalue weighted by Gasteiger charge is 2.10. The number of rotatable bonds is 5. The number of benzene rings is 1. The average molecular weight is 351 g/mol. The first-order valence-electron chi connectivity index (χ1n) is 8.09. The van der Waals surface area contributed by atoms with Gasteiger partial charge in [0.2, 0.25) is 0 Å². The third-order valence-corrected chi connectivity index (χ3v) is 3.60. The molecule has 0 bridgehead atoms. The largest absolute Gasteiger partial charge is 0.489 e. The standard InChI is InChI=1S/C20H18FN3O2/c1-13-8-14(2)23-19(9-13)24-20(25)18-10-15(6-7-22-18)12-26-17-5-3-4-16(21)11-17/h3-11H,12H2,1-2H3,(H,23,24,25). The summed E-state index contributed by atoms with van der Waals surface area (Å²) in [7, 11) is 0. The van der Waals surface area contributed by atoms with Crippen LogP contribution in [0.2, 0.25) is 0 Å². The minimum absolute atomic E-state index is 0.202. The van der Waals surface area contributed by atoms with Crippen LogP contribution in [0.5, 0.6) is 5.75 Å². The third-order valence-electron chi connectivity index (χ3n) is 3.60. The summed E-state index contributed by atoms with van der Waals surface area (Å²) < 4.78 is 18.7. The van der Waals surface area contributed by atoms with E-state index in [1.54, 1.807) is 30.3 Å². The number of ether oxygens (including phenoxy) is 1. The second kappa shape index (κ2) is 7.74. The average Bonchev–Trinajstić information content (AvgIpc) is 2.59. The molecule has 1 N–H and O–H groups in total. The Morgan fingerprint density at radius 1 is 1.15 bits per heavy atom. The molecule has 0 saturated heterocycles. The second-order valence-electron chi connectivity index (χ2n) is 5.92. The van der Waals surface area contributed by atoms with E-state index in [2.05, 4.69) is 15.3 Å². The van der Waals surface area contributed by atoms with Crippen LogP contribution < -0.4 is 10.1 Å². The number of pyridine rings is 2. The van der Waals surface area contributed by atoms with Crippen molar-refractivity contribution in [3.63, 3.8) is 0 Å². The van der Waals surface area contributed by atoms with Gasteiger partial charge in [-0.2, -0.15) is 0 Å². The molecule has 2 aromatic heterocycles. The molecule has 1 aromatic carbocycles. The summed E-state index contributed by atoms with van der Waals surface area (Å²) in [6, 6.07) is 13.0. The zero-order valence-electron chi connectivity index (χ0n) is 14.5. The maximum absolute atomic E-state index is 13.2. The number of nitrogens with one attached hydrogen (secondary N) is 1. The van der Waals surface area contributed by atoms with Gasteiger partial charge in [-0.1, -0.05) is 6.07 Å². The van der Waals surface area contributed by atoms with Crippen molar-refractivity contribution in [2.24, 2.45) is 0 Å². The summed E-state index contributed by atoms with van der Waals surface area (Å²) in [5, 5.41) is 2.75. The molecule has 132 valence electrons. The highest BCUT2D eigenvalue weighted by atomic mass is 19.1. The Morgan fingerprint density at radius 2 is 2.00 bits per heavy atom. The van der Waals surface area contributed by atoms with E-state index >= 15 is 0 Å². The molecule has 6 heteroatoms. The summed E-state index contributed by atoms with van der Waals surface area (Å²) in [6.45, 7) is 4.01. The molecule has 0 spiro atoms. The van der Waals surface area contributed by atoms with Crippen molar-refractivity contribution in [2.75, 3.05) is 5.32 Å². The van der Waals surface area contributed by atoms with Crippen LogP contribution in [0.15, 0.2) is 54.7 Å². The Kier molecular flexibility index (Phi) is 5.22. The zero-order chi connectivity index (χ0) is 18.5. The molecule has 0 aliphatic rings. The molecule has 1 amide bonds. The van der Waals surface area contributed by atoms with E-state index < -0.39 is 0 Å². The quantitative estimate of drug-likeness (QED) is 0.753. The molecule has 0 aliphatic carbocycles. The number of halogens is 1. The van der Waals surface area contributed by atoms with E-state index in [-0.39, 0.29) is 24.0 Å². The SMILES string of the molecule is Cc1cc(C)nc(NC(=O)c2cc(COc3cccc(F)c3)ccn2)c1. The number of aromatic nitrogens is 2. The first kappa shape index (κ1) is 17.5. The van der Waals surface area contributed by atoms with Gasteiger partial charge >= 0.3 is 0 Å². The zero-order valence-corrected chi connectivity index (χ0v) is 14.5. The minimum Gasteiger partial charge on any atom is -0.489 e. The van der Waals surface area contributed by atoms with E-state index in [9.17, 15) is 9.18 Å². The maximum atomic E-state index is 13.2. The maximum Gasteiger partial charge on any atom is 0.275 e. The van der Waals surface area contributed by atoms with Crippen LogP contribution in [0.4, 0.5) is 10.2 Å². The normalized spacial score (nSPS) is 10.4. The molecule has 3 rings (SSSR count). The first-order valence-corrected chi connectivity index (χ1v) is 8.09. The minimum atomic E-state index is -0.363. The number of hydrogen-bond donors (Lipinski definition) is 1. The molecule has 0 saturated carbocycles. The van der Waals surface area contributed by atoms with Crippen LogP contribution in [0.25, 0.3) is 0 Å². The molecule has 5 nitrogen and oxygen atoms in total. The van der Waals surface area contributed by atoms with Crippen LogP contribution >= 0.6 is 0 Å². The number of hydrogen-bond acceptors (Lipinski definition) is 4.